The van der Waals surface area contributed by atoms with Gasteiger partial charge in [0, 0.05) is 17.8 Å². The maximum absolute atomic E-state index is 5.71. The number of nitrogens with one attached hydrogen (secondary N) is 1. The topological polar surface area (TPSA) is 39.7 Å². The molecule has 0 unspecified atom stereocenters. The van der Waals surface area contributed by atoms with E-state index in [9.17, 15) is 0 Å². The van der Waals surface area contributed by atoms with Crippen LogP contribution in [0.5, 0.6) is 17.2 Å². The Morgan fingerprint density at radius 3 is 2.27 bits per heavy atom. The monoisotopic (exact) mass is 301 g/mol. The molecule has 118 valence electrons. The SMILES string of the molecule is CCOc1ccc(NCc2cccc(OC)c2OCC)cc1. The van der Waals surface area contributed by atoms with Crippen molar-refractivity contribution < 1.29 is 14.2 Å². The first-order chi connectivity index (χ1) is 10.8. The minimum Gasteiger partial charge on any atom is -0.494 e. The van der Waals surface area contributed by atoms with Gasteiger partial charge >= 0.3 is 0 Å². The van der Waals surface area contributed by atoms with Crippen LogP contribution < -0.4 is 19.5 Å². The highest BCUT2D eigenvalue weighted by molar-refractivity contribution is 5.51. The van der Waals surface area contributed by atoms with Gasteiger partial charge in [-0.2, -0.15) is 0 Å². The number of ether oxygens (including phenoxy) is 3. The molecule has 4 nitrogen and oxygen atoms in total. The van der Waals surface area contributed by atoms with Crippen LogP contribution >= 0.6 is 0 Å². The van der Waals surface area contributed by atoms with Gasteiger partial charge in [0.2, 0.25) is 0 Å². The minimum absolute atomic E-state index is 0.608. The summed E-state index contributed by atoms with van der Waals surface area (Å²) >= 11 is 0. The maximum atomic E-state index is 5.71. The van der Waals surface area contributed by atoms with Gasteiger partial charge in [-0.15, -0.1) is 0 Å². The summed E-state index contributed by atoms with van der Waals surface area (Å²) in [6.45, 7) is 5.89. The molecule has 0 bridgehead atoms. The van der Waals surface area contributed by atoms with Crippen LogP contribution in [-0.4, -0.2) is 20.3 Å². The zero-order valence-electron chi connectivity index (χ0n) is 13.4. The van der Waals surface area contributed by atoms with E-state index in [0.717, 1.165) is 28.5 Å². The van der Waals surface area contributed by atoms with E-state index in [1.54, 1.807) is 7.11 Å². The Balaban J connectivity index is 2.07. The molecule has 0 aliphatic rings. The quantitative estimate of drug-likeness (QED) is 0.796. The Bertz CT molecular complexity index is 581. The van der Waals surface area contributed by atoms with E-state index in [1.807, 2.05) is 56.3 Å². The van der Waals surface area contributed by atoms with Crippen LogP contribution in [0.3, 0.4) is 0 Å². The standard InChI is InChI=1S/C18H23NO3/c1-4-21-16-11-9-15(10-12-16)19-13-14-7-6-8-17(20-3)18(14)22-5-2/h6-12,19H,4-5,13H2,1-3H3. The van der Waals surface area contributed by atoms with Crippen molar-refractivity contribution in [2.45, 2.75) is 20.4 Å². The molecule has 0 saturated carbocycles. The predicted molar refractivity (Wildman–Crippen MR) is 89.1 cm³/mol. The van der Waals surface area contributed by atoms with Gasteiger partial charge in [0.15, 0.2) is 11.5 Å². The Hall–Kier alpha value is -2.36. The zero-order chi connectivity index (χ0) is 15.8. The van der Waals surface area contributed by atoms with Crippen molar-refractivity contribution in [1.29, 1.82) is 0 Å². The third-order valence-electron chi connectivity index (χ3n) is 3.22. The van der Waals surface area contributed by atoms with Crippen molar-refractivity contribution in [3.05, 3.63) is 48.0 Å². The smallest absolute Gasteiger partial charge is 0.166 e. The molecule has 0 aliphatic heterocycles. The lowest BCUT2D eigenvalue weighted by Gasteiger charge is -2.15. The number of hydrogen-bond acceptors (Lipinski definition) is 4. The van der Waals surface area contributed by atoms with Gasteiger partial charge in [-0.1, -0.05) is 12.1 Å². The first kappa shape index (κ1) is 16.0. The fraction of sp³-hybridized carbons (Fsp3) is 0.333. The van der Waals surface area contributed by atoms with Gasteiger partial charge in [-0.3, -0.25) is 0 Å². The van der Waals surface area contributed by atoms with Crippen molar-refractivity contribution in [2.24, 2.45) is 0 Å². The summed E-state index contributed by atoms with van der Waals surface area (Å²) in [6, 6.07) is 13.8. The number of anilines is 1. The van der Waals surface area contributed by atoms with Crippen molar-refractivity contribution in [3.63, 3.8) is 0 Å². The Kier molecular flexibility index (Phi) is 5.95. The second kappa shape index (κ2) is 8.17. The van der Waals surface area contributed by atoms with E-state index in [2.05, 4.69) is 5.32 Å². The number of methoxy groups -OCH3 is 1. The van der Waals surface area contributed by atoms with E-state index in [1.165, 1.54) is 0 Å². The molecule has 2 rings (SSSR count). The van der Waals surface area contributed by atoms with Crippen molar-refractivity contribution in [3.8, 4) is 17.2 Å². The van der Waals surface area contributed by atoms with Crippen LogP contribution in [0.15, 0.2) is 42.5 Å². The van der Waals surface area contributed by atoms with Crippen molar-refractivity contribution in [2.75, 3.05) is 25.6 Å². The molecule has 0 amide bonds. The molecular formula is C18H23NO3. The van der Waals surface area contributed by atoms with Crippen LogP contribution in [0, 0.1) is 0 Å². The molecule has 22 heavy (non-hydrogen) atoms. The molecule has 0 fully saturated rings. The summed E-state index contributed by atoms with van der Waals surface area (Å²) in [4.78, 5) is 0. The van der Waals surface area contributed by atoms with Crippen LogP contribution in [-0.2, 0) is 6.54 Å². The van der Waals surface area contributed by atoms with E-state index >= 15 is 0 Å². The van der Waals surface area contributed by atoms with Crippen LogP contribution in [0.1, 0.15) is 19.4 Å². The molecule has 0 saturated heterocycles. The largest absolute Gasteiger partial charge is 0.494 e. The maximum Gasteiger partial charge on any atom is 0.166 e. The molecule has 0 atom stereocenters. The normalized spacial score (nSPS) is 10.1. The lowest BCUT2D eigenvalue weighted by molar-refractivity contribution is 0.308. The molecule has 1 N–H and O–H groups in total. The Morgan fingerprint density at radius 2 is 1.64 bits per heavy atom. The van der Waals surface area contributed by atoms with Crippen molar-refractivity contribution in [1.82, 2.24) is 0 Å². The Labute approximate surface area is 132 Å². The highest BCUT2D eigenvalue weighted by Gasteiger charge is 2.09. The lowest BCUT2D eigenvalue weighted by atomic mass is 10.1. The summed E-state index contributed by atoms with van der Waals surface area (Å²) in [6.07, 6.45) is 0. The average Bonchev–Trinajstić information content (AvgIpc) is 2.55. The summed E-state index contributed by atoms with van der Waals surface area (Å²) in [7, 11) is 1.65. The number of hydrogen-bond donors (Lipinski definition) is 1. The molecular weight excluding hydrogens is 278 g/mol. The van der Waals surface area contributed by atoms with Gasteiger partial charge in [-0.25, -0.2) is 0 Å². The van der Waals surface area contributed by atoms with Crippen molar-refractivity contribution >= 4 is 5.69 Å². The third kappa shape index (κ3) is 4.07. The Morgan fingerprint density at radius 1 is 0.909 bits per heavy atom. The van der Waals surface area contributed by atoms with Crippen LogP contribution in [0.4, 0.5) is 5.69 Å². The van der Waals surface area contributed by atoms with Gasteiger partial charge in [0.25, 0.3) is 0 Å². The molecule has 0 spiro atoms. The van der Waals surface area contributed by atoms with E-state index < -0.39 is 0 Å². The van der Waals surface area contributed by atoms with Gasteiger partial charge in [-0.05, 0) is 44.2 Å². The number of para-hydroxylation sites is 1. The zero-order valence-corrected chi connectivity index (χ0v) is 13.4. The van der Waals surface area contributed by atoms with E-state index in [4.69, 9.17) is 14.2 Å². The first-order valence-corrected chi connectivity index (χ1v) is 7.53. The summed E-state index contributed by atoms with van der Waals surface area (Å²) < 4.78 is 16.5. The first-order valence-electron chi connectivity index (χ1n) is 7.53. The molecule has 2 aromatic rings. The average molecular weight is 301 g/mol. The summed E-state index contributed by atoms with van der Waals surface area (Å²) in [5.74, 6) is 2.43. The van der Waals surface area contributed by atoms with Gasteiger partial charge in [0.05, 0.1) is 20.3 Å². The highest BCUT2D eigenvalue weighted by Crippen LogP contribution is 2.31. The lowest BCUT2D eigenvalue weighted by Crippen LogP contribution is -2.04. The highest BCUT2D eigenvalue weighted by atomic mass is 16.5. The number of benzene rings is 2. The molecule has 2 aromatic carbocycles. The van der Waals surface area contributed by atoms with E-state index in [0.29, 0.717) is 19.8 Å². The summed E-state index contributed by atoms with van der Waals surface area (Å²) in [5.41, 5.74) is 2.10. The van der Waals surface area contributed by atoms with Crippen LogP contribution in [0.25, 0.3) is 0 Å². The van der Waals surface area contributed by atoms with Crippen LogP contribution in [0.2, 0.25) is 0 Å². The predicted octanol–water partition coefficient (Wildman–Crippen LogP) is 4.10. The number of rotatable bonds is 8. The second-order valence-corrected chi connectivity index (χ2v) is 4.69. The fourth-order valence-corrected chi connectivity index (χ4v) is 2.20. The third-order valence-corrected chi connectivity index (χ3v) is 3.22. The minimum atomic E-state index is 0.608. The molecule has 4 heteroatoms. The van der Waals surface area contributed by atoms with E-state index in [-0.39, 0.29) is 0 Å². The second-order valence-electron chi connectivity index (χ2n) is 4.69. The summed E-state index contributed by atoms with van der Waals surface area (Å²) in [5, 5.41) is 3.39. The molecule has 0 aliphatic carbocycles. The fourth-order valence-electron chi connectivity index (χ4n) is 2.20. The molecule has 0 heterocycles. The molecule has 0 radical (unpaired) electrons. The molecule has 0 aromatic heterocycles. The van der Waals surface area contributed by atoms with Gasteiger partial charge in [0.1, 0.15) is 5.75 Å². The van der Waals surface area contributed by atoms with Gasteiger partial charge < -0.3 is 19.5 Å².